The molecule has 0 fully saturated rings. The Morgan fingerprint density at radius 3 is 2.50 bits per heavy atom. The molecule has 1 aromatic carbocycles. The quantitative estimate of drug-likeness (QED) is 0.857. The molecule has 0 saturated heterocycles. The first kappa shape index (κ1) is 15.8. The molecule has 0 spiro atoms. The van der Waals surface area contributed by atoms with Gasteiger partial charge in [-0.05, 0) is 36.4 Å². The third kappa shape index (κ3) is 4.46. The van der Waals surface area contributed by atoms with Gasteiger partial charge in [-0.1, -0.05) is 11.6 Å². The molecular formula is C15H13ClN2O4. The molecule has 1 amide bonds. The molecule has 0 bridgehead atoms. The summed E-state index contributed by atoms with van der Waals surface area (Å²) in [5.74, 6) is 0.0656. The van der Waals surface area contributed by atoms with Crippen LogP contribution in [0.1, 0.15) is 10.4 Å². The summed E-state index contributed by atoms with van der Waals surface area (Å²) in [5.41, 5.74) is 0.407. The van der Waals surface area contributed by atoms with E-state index in [9.17, 15) is 9.59 Å². The van der Waals surface area contributed by atoms with Crippen LogP contribution in [0.3, 0.4) is 0 Å². The van der Waals surface area contributed by atoms with Gasteiger partial charge in [0.25, 0.3) is 5.91 Å². The molecule has 0 aliphatic heterocycles. The van der Waals surface area contributed by atoms with Crippen molar-refractivity contribution in [2.24, 2.45) is 0 Å². The highest BCUT2D eigenvalue weighted by Gasteiger charge is 2.07. The summed E-state index contributed by atoms with van der Waals surface area (Å²) in [7, 11) is 1.31. The maximum atomic E-state index is 11.7. The lowest BCUT2D eigenvalue weighted by atomic mass is 10.2. The Morgan fingerprint density at radius 1 is 1.18 bits per heavy atom. The van der Waals surface area contributed by atoms with Crippen LogP contribution in [-0.2, 0) is 9.53 Å². The van der Waals surface area contributed by atoms with Crippen molar-refractivity contribution in [3.8, 4) is 5.75 Å². The minimum atomic E-state index is -0.432. The number of carbonyl (C=O) groups is 2. The molecule has 2 aromatic rings. The lowest BCUT2D eigenvalue weighted by molar-refractivity contribution is -0.118. The first-order valence-corrected chi connectivity index (χ1v) is 6.69. The zero-order valence-corrected chi connectivity index (χ0v) is 12.5. The van der Waals surface area contributed by atoms with Gasteiger partial charge in [0.15, 0.2) is 6.61 Å². The number of methoxy groups -OCH3 is 1. The van der Waals surface area contributed by atoms with Crippen LogP contribution in [0.2, 0.25) is 5.02 Å². The normalized spacial score (nSPS) is 9.91. The monoisotopic (exact) mass is 320 g/mol. The Labute approximate surface area is 132 Å². The van der Waals surface area contributed by atoms with E-state index in [1.54, 1.807) is 36.4 Å². The van der Waals surface area contributed by atoms with Gasteiger partial charge in [0, 0.05) is 6.20 Å². The van der Waals surface area contributed by atoms with Crippen molar-refractivity contribution in [3.63, 3.8) is 0 Å². The summed E-state index contributed by atoms with van der Waals surface area (Å²) < 4.78 is 9.90. The van der Waals surface area contributed by atoms with Crippen molar-refractivity contribution >= 4 is 29.3 Å². The summed E-state index contributed by atoms with van der Waals surface area (Å²) >= 11 is 5.70. The van der Waals surface area contributed by atoms with Gasteiger partial charge in [-0.25, -0.2) is 9.78 Å². The van der Waals surface area contributed by atoms with Crippen LogP contribution in [0.4, 0.5) is 5.82 Å². The number of halogens is 1. The van der Waals surface area contributed by atoms with Crippen LogP contribution in [-0.4, -0.2) is 30.6 Å². The highest BCUT2D eigenvalue weighted by Crippen LogP contribution is 2.13. The van der Waals surface area contributed by atoms with E-state index in [1.807, 2.05) is 0 Å². The molecule has 114 valence electrons. The molecule has 0 radical (unpaired) electrons. The molecule has 1 N–H and O–H groups in total. The van der Waals surface area contributed by atoms with Crippen molar-refractivity contribution in [1.82, 2.24) is 4.98 Å². The van der Waals surface area contributed by atoms with E-state index in [-0.39, 0.29) is 12.5 Å². The van der Waals surface area contributed by atoms with Crippen molar-refractivity contribution in [2.75, 3.05) is 19.0 Å². The van der Waals surface area contributed by atoms with E-state index in [1.165, 1.54) is 13.3 Å². The SMILES string of the molecule is COC(=O)c1ccc(OCC(=O)Nc2ccc(Cl)cn2)cc1. The Balaban J connectivity index is 1.85. The molecule has 0 atom stereocenters. The van der Waals surface area contributed by atoms with Gasteiger partial charge >= 0.3 is 5.97 Å². The van der Waals surface area contributed by atoms with Crippen LogP contribution in [0.5, 0.6) is 5.75 Å². The van der Waals surface area contributed by atoms with Gasteiger partial charge < -0.3 is 14.8 Å². The number of anilines is 1. The maximum Gasteiger partial charge on any atom is 0.337 e. The third-order valence-corrected chi connectivity index (χ3v) is 2.86. The van der Waals surface area contributed by atoms with Crippen molar-refractivity contribution in [1.29, 1.82) is 0 Å². The fourth-order valence-electron chi connectivity index (χ4n) is 1.58. The molecule has 0 aliphatic carbocycles. The standard InChI is InChI=1S/C15H13ClN2O4/c1-21-15(20)10-2-5-12(6-3-10)22-9-14(19)18-13-7-4-11(16)8-17-13/h2-8H,9H2,1H3,(H,17,18,19). The molecule has 0 unspecified atom stereocenters. The number of hydrogen-bond donors (Lipinski definition) is 1. The van der Waals surface area contributed by atoms with Crippen LogP contribution >= 0.6 is 11.6 Å². The van der Waals surface area contributed by atoms with E-state index in [2.05, 4.69) is 15.0 Å². The molecule has 0 saturated carbocycles. The second-order valence-electron chi connectivity index (χ2n) is 4.21. The molecule has 1 heterocycles. The van der Waals surface area contributed by atoms with Crippen LogP contribution < -0.4 is 10.1 Å². The number of ether oxygens (including phenoxy) is 2. The zero-order valence-electron chi connectivity index (χ0n) is 11.7. The van der Waals surface area contributed by atoms with Crippen LogP contribution in [0.25, 0.3) is 0 Å². The van der Waals surface area contributed by atoms with Crippen LogP contribution in [0.15, 0.2) is 42.6 Å². The van der Waals surface area contributed by atoms with Gasteiger partial charge in [0.1, 0.15) is 11.6 Å². The van der Waals surface area contributed by atoms with Crippen molar-refractivity contribution in [2.45, 2.75) is 0 Å². The van der Waals surface area contributed by atoms with Gasteiger partial charge in [-0.3, -0.25) is 4.79 Å². The average Bonchev–Trinajstić information content (AvgIpc) is 2.55. The van der Waals surface area contributed by atoms with E-state index in [0.29, 0.717) is 22.2 Å². The predicted octanol–water partition coefficient (Wildman–Crippen LogP) is 2.54. The number of nitrogens with zero attached hydrogens (tertiary/aromatic N) is 1. The number of nitrogens with one attached hydrogen (secondary N) is 1. The summed E-state index contributed by atoms with van der Waals surface area (Å²) in [5, 5.41) is 3.06. The van der Waals surface area contributed by atoms with Crippen molar-refractivity contribution < 1.29 is 19.1 Å². The third-order valence-electron chi connectivity index (χ3n) is 2.64. The van der Waals surface area contributed by atoms with Crippen molar-refractivity contribution in [3.05, 3.63) is 53.2 Å². The fourth-order valence-corrected chi connectivity index (χ4v) is 1.69. The second kappa shape index (κ2) is 7.42. The largest absolute Gasteiger partial charge is 0.484 e. The van der Waals surface area contributed by atoms with E-state index in [4.69, 9.17) is 16.3 Å². The number of hydrogen-bond acceptors (Lipinski definition) is 5. The zero-order chi connectivity index (χ0) is 15.9. The van der Waals surface area contributed by atoms with E-state index >= 15 is 0 Å². The minimum absolute atomic E-state index is 0.179. The summed E-state index contributed by atoms with van der Waals surface area (Å²) in [6, 6.07) is 9.49. The number of aromatic nitrogens is 1. The maximum absolute atomic E-state index is 11.7. The van der Waals surface area contributed by atoms with Gasteiger partial charge in [-0.2, -0.15) is 0 Å². The molecule has 1 aromatic heterocycles. The molecule has 6 nitrogen and oxygen atoms in total. The van der Waals surface area contributed by atoms with Gasteiger partial charge in [-0.15, -0.1) is 0 Å². The van der Waals surface area contributed by atoms with E-state index < -0.39 is 5.97 Å². The molecule has 7 heteroatoms. The number of esters is 1. The smallest absolute Gasteiger partial charge is 0.337 e. The predicted molar refractivity (Wildman–Crippen MR) is 81.2 cm³/mol. The van der Waals surface area contributed by atoms with E-state index in [0.717, 1.165) is 0 Å². The Kier molecular flexibility index (Phi) is 5.32. The highest BCUT2D eigenvalue weighted by atomic mass is 35.5. The summed E-state index contributed by atoms with van der Waals surface area (Å²) in [6.07, 6.45) is 1.43. The lowest BCUT2D eigenvalue weighted by Gasteiger charge is -2.07. The number of rotatable bonds is 5. The van der Waals surface area contributed by atoms with Crippen LogP contribution in [0, 0.1) is 0 Å². The van der Waals surface area contributed by atoms with Gasteiger partial charge in [0.2, 0.25) is 0 Å². The summed E-state index contributed by atoms with van der Waals surface area (Å²) in [6.45, 7) is -0.179. The second-order valence-corrected chi connectivity index (χ2v) is 4.65. The lowest BCUT2D eigenvalue weighted by Crippen LogP contribution is -2.20. The number of amides is 1. The first-order chi connectivity index (χ1) is 10.6. The number of benzene rings is 1. The summed E-state index contributed by atoms with van der Waals surface area (Å²) in [4.78, 5) is 26.9. The topological polar surface area (TPSA) is 77.5 Å². The number of carbonyl (C=O) groups excluding carboxylic acids is 2. The fraction of sp³-hybridized carbons (Fsp3) is 0.133. The Morgan fingerprint density at radius 2 is 1.91 bits per heavy atom. The Hall–Kier alpha value is -2.60. The minimum Gasteiger partial charge on any atom is -0.484 e. The Bertz CT molecular complexity index is 656. The molecular weight excluding hydrogens is 308 g/mol. The molecule has 0 aliphatic rings. The molecule has 2 rings (SSSR count). The average molecular weight is 321 g/mol. The first-order valence-electron chi connectivity index (χ1n) is 6.31. The molecule has 22 heavy (non-hydrogen) atoms. The van der Waals surface area contributed by atoms with Gasteiger partial charge in [0.05, 0.1) is 17.7 Å². The number of pyridine rings is 1. The highest BCUT2D eigenvalue weighted by molar-refractivity contribution is 6.30.